The van der Waals surface area contributed by atoms with Gasteiger partial charge in [-0.25, -0.2) is 0 Å². The number of halogens is 1. The van der Waals surface area contributed by atoms with Crippen LogP contribution < -0.4 is 10.1 Å². The number of carbonyl (C=O) groups is 1. The molecule has 1 N–H and O–H groups in total. The third kappa shape index (κ3) is 3.65. The molecule has 1 aromatic carbocycles. The SMILES string of the molecule is COc1ccc(C2CNCCN2C(=O)Cn2cc(Cl)cn2)cc1. The first kappa shape index (κ1) is 15.8. The Labute approximate surface area is 140 Å². The minimum absolute atomic E-state index is 0.00758. The lowest BCUT2D eigenvalue weighted by Crippen LogP contribution is -2.49. The quantitative estimate of drug-likeness (QED) is 0.925. The van der Waals surface area contributed by atoms with E-state index in [1.54, 1.807) is 18.0 Å². The Hall–Kier alpha value is -2.05. The molecule has 0 aliphatic carbocycles. The molecule has 1 fully saturated rings. The minimum Gasteiger partial charge on any atom is -0.497 e. The maximum Gasteiger partial charge on any atom is 0.244 e. The minimum atomic E-state index is 0.00758. The Balaban J connectivity index is 1.75. The van der Waals surface area contributed by atoms with E-state index in [4.69, 9.17) is 16.3 Å². The Morgan fingerprint density at radius 3 is 2.87 bits per heavy atom. The number of nitrogens with zero attached hydrogens (tertiary/aromatic N) is 3. The highest BCUT2D eigenvalue weighted by Crippen LogP contribution is 2.24. The number of piperazine rings is 1. The lowest BCUT2D eigenvalue weighted by atomic mass is 10.0. The van der Waals surface area contributed by atoms with Crippen LogP contribution in [-0.4, -0.2) is 47.3 Å². The number of hydrogen-bond donors (Lipinski definition) is 1. The van der Waals surface area contributed by atoms with Crippen LogP contribution in [0.25, 0.3) is 0 Å². The lowest BCUT2D eigenvalue weighted by Gasteiger charge is -2.36. The number of methoxy groups -OCH3 is 1. The third-order valence-corrected chi connectivity index (χ3v) is 4.16. The number of carbonyl (C=O) groups excluding carboxylic acids is 1. The van der Waals surface area contributed by atoms with E-state index in [1.807, 2.05) is 29.2 Å². The molecule has 1 saturated heterocycles. The molecule has 1 aromatic heterocycles. The number of rotatable bonds is 4. The molecule has 0 saturated carbocycles. The fraction of sp³-hybridized carbons (Fsp3) is 0.375. The first-order valence-electron chi connectivity index (χ1n) is 7.49. The van der Waals surface area contributed by atoms with Gasteiger partial charge in [-0.3, -0.25) is 9.48 Å². The van der Waals surface area contributed by atoms with Crippen molar-refractivity contribution in [2.24, 2.45) is 0 Å². The van der Waals surface area contributed by atoms with Crippen molar-refractivity contribution >= 4 is 17.5 Å². The molecule has 122 valence electrons. The first-order valence-corrected chi connectivity index (χ1v) is 7.87. The molecule has 1 amide bonds. The van der Waals surface area contributed by atoms with Crippen molar-refractivity contribution in [1.82, 2.24) is 20.0 Å². The first-order chi connectivity index (χ1) is 11.2. The summed E-state index contributed by atoms with van der Waals surface area (Å²) in [7, 11) is 1.64. The highest BCUT2D eigenvalue weighted by atomic mass is 35.5. The van der Waals surface area contributed by atoms with Gasteiger partial charge in [0, 0.05) is 25.8 Å². The number of hydrogen-bond acceptors (Lipinski definition) is 4. The summed E-state index contributed by atoms with van der Waals surface area (Å²) < 4.78 is 6.76. The second kappa shape index (κ2) is 7.02. The van der Waals surface area contributed by atoms with Crippen molar-refractivity contribution in [2.75, 3.05) is 26.7 Å². The predicted molar refractivity (Wildman–Crippen MR) is 87.6 cm³/mol. The fourth-order valence-electron chi connectivity index (χ4n) is 2.78. The molecule has 0 radical (unpaired) electrons. The molecule has 1 unspecified atom stereocenters. The van der Waals surface area contributed by atoms with E-state index in [9.17, 15) is 4.79 Å². The second-order valence-corrected chi connectivity index (χ2v) is 5.87. The molecular weight excluding hydrogens is 316 g/mol. The number of ether oxygens (including phenoxy) is 1. The zero-order valence-corrected chi connectivity index (χ0v) is 13.7. The predicted octanol–water partition coefficient (Wildman–Crippen LogP) is 1.72. The van der Waals surface area contributed by atoms with Crippen molar-refractivity contribution in [2.45, 2.75) is 12.6 Å². The standard InChI is InChI=1S/C16H19ClN4O2/c1-23-14-4-2-12(3-5-14)15-9-18-6-7-21(15)16(22)11-20-10-13(17)8-19-20/h2-5,8,10,15,18H,6-7,9,11H2,1H3. The van der Waals surface area contributed by atoms with Crippen molar-refractivity contribution in [3.63, 3.8) is 0 Å². The summed E-state index contributed by atoms with van der Waals surface area (Å²) in [5.74, 6) is 0.841. The van der Waals surface area contributed by atoms with Crippen LogP contribution in [0.1, 0.15) is 11.6 Å². The molecular formula is C16H19ClN4O2. The van der Waals surface area contributed by atoms with Crippen LogP contribution in [-0.2, 0) is 11.3 Å². The van der Waals surface area contributed by atoms with Crippen LogP contribution in [0.2, 0.25) is 5.02 Å². The number of benzene rings is 1. The second-order valence-electron chi connectivity index (χ2n) is 5.44. The molecule has 2 aromatic rings. The Kier molecular flexibility index (Phi) is 4.83. The monoisotopic (exact) mass is 334 g/mol. The van der Waals surface area contributed by atoms with Crippen LogP contribution in [0.3, 0.4) is 0 Å². The number of amides is 1. The van der Waals surface area contributed by atoms with Gasteiger partial charge >= 0.3 is 0 Å². The average Bonchev–Trinajstić information content (AvgIpc) is 3.00. The van der Waals surface area contributed by atoms with Gasteiger partial charge in [-0.05, 0) is 17.7 Å². The summed E-state index contributed by atoms with van der Waals surface area (Å²) in [6.07, 6.45) is 3.19. The maximum absolute atomic E-state index is 12.7. The van der Waals surface area contributed by atoms with Crippen molar-refractivity contribution < 1.29 is 9.53 Å². The van der Waals surface area contributed by atoms with Gasteiger partial charge in [0.05, 0.1) is 24.4 Å². The highest BCUT2D eigenvalue weighted by Gasteiger charge is 2.28. The van der Waals surface area contributed by atoms with Gasteiger partial charge < -0.3 is 15.0 Å². The van der Waals surface area contributed by atoms with Crippen LogP contribution in [0.15, 0.2) is 36.7 Å². The summed E-state index contributed by atoms with van der Waals surface area (Å²) in [6, 6.07) is 7.84. The molecule has 7 heteroatoms. The summed E-state index contributed by atoms with van der Waals surface area (Å²) in [6.45, 7) is 2.39. The number of aromatic nitrogens is 2. The molecule has 0 spiro atoms. The lowest BCUT2D eigenvalue weighted by molar-refractivity contribution is -0.135. The zero-order chi connectivity index (χ0) is 16.2. The van der Waals surface area contributed by atoms with Crippen LogP contribution in [0.4, 0.5) is 0 Å². The van der Waals surface area contributed by atoms with Gasteiger partial charge in [-0.1, -0.05) is 23.7 Å². The largest absolute Gasteiger partial charge is 0.497 e. The van der Waals surface area contributed by atoms with Gasteiger partial charge in [0.25, 0.3) is 0 Å². The Morgan fingerprint density at radius 2 is 2.22 bits per heavy atom. The normalized spacial score (nSPS) is 18.0. The topological polar surface area (TPSA) is 59.4 Å². The molecule has 6 nitrogen and oxygen atoms in total. The van der Waals surface area contributed by atoms with E-state index in [0.29, 0.717) is 11.6 Å². The zero-order valence-electron chi connectivity index (χ0n) is 12.9. The Bertz CT molecular complexity index is 671. The van der Waals surface area contributed by atoms with Gasteiger partial charge in [-0.15, -0.1) is 0 Å². The van der Waals surface area contributed by atoms with Crippen molar-refractivity contribution in [3.05, 3.63) is 47.2 Å². The van der Waals surface area contributed by atoms with E-state index in [1.165, 1.54) is 6.20 Å². The summed E-state index contributed by atoms with van der Waals surface area (Å²) in [5.41, 5.74) is 1.09. The third-order valence-electron chi connectivity index (χ3n) is 3.96. The summed E-state index contributed by atoms with van der Waals surface area (Å²) >= 11 is 5.85. The Morgan fingerprint density at radius 1 is 1.43 bits per heavy atom. The van der Waals surface area contributed by atoms with Crippen LogP contribution in [0.5, 0.6) is 5.75 Å². The van der Waals surface area contributed by atoms with Crippen LogP contribution >= 0.6 is 11.6 Å². The maximum atomic E-state index is 12.7. The van der Waals surface area contributed by atoms with E-state index in [-0.39, 0.29) is 18.5 Å². The van der Waals surface area contributed by atoms with E-state index >= 15 is 0 Å². The van der Waals surface area contributed by atoms with Crippen LogP contribution in [0, 0.1) is 0 Å². The molecule has 1 aliphatic rings. The molecule has 3 rings (SSSR count). The summed E-state index contributed by atoms with van der Waals surface area (Å²) in [4.78, 5) is 14.5. The van der Waals surface area contributed by atoms with E-state index < -0.39 is 0 Å². The molecule has 0 bridgehead atoms. The molecule has 23 heavy (non-hydrogen) atoms. The van der Waals surface area contributed by atoms with Gasteiger partial charge in [0.15, 0.2) is 0 Å². The van der Waals surface area contributed by atoms with E-state index in [0.717, 1.165) is 24.4 Å². The molecule has 1 atom stereocenters. The van der Waals surface area contributed by atoms with E-state index in [2.05, 4.69) is 10.4 Å². The van der Waals surface area contributed by atoms with Gasteiger partial charge in [0.2, 0.25) is 5.91 Å². The van der Waals surface area contributed by atoms with Crippen molar-refractivity contribution in [3.8, 4) is 5.75 Å². The summed E-state index contributed by atoms with van der Waals surface area (Å²) in [5, 5.41) is 7.95. The molecule has 1 aliphatic heterocycles. The average molecular weight is 335 g/mol. The number of nitrogens with one attached hydrogen (secondary N) is 1. The van der Waals surface area contributed by atoms with Gasteiger partial charge in [0.1, 0.15) is 12.3 Å². The fourth-order valence-corrected chi connectivity index (χ4v) is 2.94. The molecule has 2 heterocycles. The smallest absolute Gasteiger partial charge is 0.244 e. The highest BCUT2D eigenvalue weighted by molar-refractivity contribution is 6.30. The van der Waals surface area contributed by atoms with Gasteiger partial charge in [-0.2, -0.15) is 5.10 Å². The van der Waals surface area contributed by atoms with Crippen molar-refractivity contribution in [1.29, 1.82) is 0 Å².